The third-order valence-corrected chi connectivity index (χ3v) is 5.03. The van der Waals surface area contributed by atoms with E-state index < -0.39 is 0 Å². The lowest BCUT2D eigenvalue weighted by atomic mass is 9.78. The van der Waals surface area contributed by atoms with Crippen LogP contribution in [0.25, 0.3) is 0 Å². The summed E-state index contributed by atoms with van der Waals surface area (Å²) in [6.45, 7) is 8.90. The normalized spacial score (nSPS) is 21.6. The molecule has 0 saturated carbocycles. The van der Waals surface area contributed by atoms with Gasteiger partial charge in [-0.2, -0.15) is 0 Å². The highest BCUT2D eigenvalue weighted by Gasteiger charge is 2.35. The van der Waals surface area contributed by atoms with Crippen molar-refractivity contribution in [2.45, 2.75) is 45.8 Å². The van der Waals surface area contributed by atoms with Crippen molar-refractivity contribution >= 4 is 29.9 Å². The number of halogens is 2. The standard InChI is InChI=1S/C21H34FN3O2.HI/c1-21(2,3)19-16(7-6-12-27-19)13-24-20(23-4)25-14-18(26-5)15-8-10-17(22)11-9-15;/h8-11,16,18-19H,6-7,12-14H2,1-5H3,(H2,23,24,25);1H. The zero-order valence-corrected chi connectivity index (χ0v) is 20.0. The van der Waals surface area contributed by atoms with Gasteiger partial charge in [0.15, 0.2) is 5.96 Å². The van der Waals surface area contributed by atoms with Crippen molar-refractivity contribution in [2.24, 2.45) is 16.3 Å². The van der Waals surface area contributed by atoms with Crippen molar-refractivity contribution in [1.29, 1.82) is 0 Å². The Hall–Kier alpha value is -0.930. The Morgan fingerprint density at radius 1 is 1.29 bits per heavy atom. The van der Waals surface area contributed by atoms with E-state index in [1.807, 2.05) is 0 Å². The van der Waals surface area contributed by atoms with Gasteiger partial charge >= 0.3 is 0 Å². The molecule has 0 aliphatic carbocycles. The predicted molar refractivity (Wildman–Crippen MR) is 123 cm³/mol. The number of nitrogens with zero attached hydrogens (tertiary/aromatic N) is 1. The predicted octanol–water partition coefficient (Wildman–Crippen LogP) is 4.14. The lowest BCUT2D eigenvalue weighted by Crippen LogP contribution is -2.48. The van der Waals surface area contributed by atoms with Crippen LogP contribution in [0.2, 0.25) is 0 Å². The van der Waals surface area contributed by atoms with Gasteiger partial charge < -0.3 is 20.1 Å². The molecule has 1 fully saturated rings. The summed E-state index contributed by atoms with van der Waals surface area (Å²) in [5.74, 6) is 0.937. The lowest BCUT2D eigenvalue weighted by Gasteiger charge is -2.40. The van der Waals surface area contributed by atoms with E-state index in [9.17, 15) is 4.39 Å². The van der Waals surface area contributed by atoms with Gasteiger partial charge in [0.05, 0.1) is 12.2 Å². The SMILES string of the molecule is CN=C(NCC(OC)c1ccc(F)cc1)NCC1CCCOC1C(C)(C)C.I. The largest absolute Gasteiger partial charge is 0.377 e. The van der Waals surface area contributed by atoms with Gasteiger partial charge in [-0.25, -0.2) is 4.39 Å². The molecular formula is C21H35FIN3O2. The Bertz CT molecular complexity index is 605. The molecule has 5 nitrogen and oxygen atoms in total. The fourth-order valence-corrected chi connectivity index (χ4v) is 3.66. The van der Waals surface area contributed by atoms with Crippen LogP contribution in [0.4, 0.5) is 4.39 Å². The first-order valence-corrected chi connectivity index (χ1v) is 9.69. The van der Waals surface area contributed by atoms with E-state index in [1.54, 1.807) is 26.3 Å². The van der Waals surface area contributed by atoms with E-state index in [4.69, 9.17) is 9.47 Å². The fraction of sp³-hybridized carbons (Fsp3) is 0.667. The Balaban J connectivity index is 0.00000392. The third-order valence-electron chi connectivity index (χ3n) is 5.03. The van der Waals surface area contributed by atoms with Gasteiger partial charge in [-0.05, 0) is 36.0 Å². The summed E-state index contributed by atoms with van der Waals surface area (Å²) >= 11 is 0. The van der Waals surface area contributed by atoms with Gasteiger partial charge in [0.2, 0.25) is 0 Å². The molecule has 2 N–H and O–H groups in total. The number of hydrogen-bond donors (Lipinski definition) is 2. The maximum absolute atomic E-state index is 13.1. The van der Waals surface area contributed by atoms with Crippen LogP contribution >= 0.6 is 24.0 Å². The maximum Gasteiger partial charge on any atom is 0.191 e. The van der Waals surface area contributed by atoms with Crippen LogP contribution in [0, 0.1) is 17.2 Å². The molecule has 0 amide bonds. The van der Waals surface area contributed by atoms with E-state index in [0.717, 1.165) is 37.5 Å². The van der Waals surface area contributed by atoms with Gasteiger partial charge in [0, 0.05) is 39.8 Å². The van der Waals surface area contributed by atoms with Crippen LogP contribution < -0.4 is 10.6 Å². The van der Waals surface area contributed by atoms with Crippen molar-refractivity contribution in [1.82, 2.24) is 10.6 Å². The molecule has 0 spiro atoms. The smallest absolute Gasteiger partial charge is 0.191 e. The summed E-state index contributed by atoms with van der Waals surface area (Å²) in [6, 6.07) is 6.39. The van der Waals surface area contributed by atoms with Crippen LogP contribution in [0.15, 0.2) is 29.3 Å². The zero-order chi connectivity index (χ0) is 19.9. The second kappa shape index (κ2) is 11.9. The minimum atomic E-state index is -0.248. The summed E-state index contributed by atoms with van der Waals surface area (Å²) in [7, 11) is 3.41. The Kier molecular flexibility index (Phi) is 10.7. The molecule has 0 bridgehead atoms. The number of aliphatic imine (C=N–C) groups is 1. The minimum absolute atomic E-state index is 0. The monoisotopic (exact) mass is 507 g/mol. The van der Waals surface area contributed by atoms with Gasteiger partial charge in [0.25, 0.3) is 0 Å². The molecule has 2 rings (SSSR count). The summed E-state index contributed by atoms with van der Waals surface area (Å²) in [6.07, 6.45) is 2.32. The maximum atomic E-state index is 13.1. The van der Waals surface area contributed by atoms with Gasteiger partial charge in [-0.1, -0.05) is 32.9 Å². The third kappa shape index (κ3) is 7.48. The summed E-state index contributed by atoms with van der Waals surface area (Å²) < 4.78 is 24.7. The molecule has 1 aromatic carbocycles. The Morgan fingerprint density at radius 2 is 1.96 bits per heavy atom. The van der Waals surface area contributed by atoms with Crippen LogP contribution in [-0.2, 0) is 9.47 Å². The second-order valence-electron chi connectivity index (χ2n) is 8.17. The fourth-order valence-electron chi connectivity index (χ4n) is 3.66. The molecule has 28 heavy (non-hydrogen) atoms. The van der Waals surface area contributed by atoms with Gasteiger partial charge in [-0.3, -0.25) is 4.99 Å². The molecule has 1 heterocycles. The number of ether oxygens (including phenoxy) is 2. The molecule has 160 valence electrons. The van der Waals surface area contributed by atoms with E-state index >= 15 is 0 Å². The van der Waals surface area contributed by atoms with Crippen molar-refractivity contribution < 1.29 is 13.9 Å². The highest BCUT2D eigenvalue weighted by molar-refractivity contribution is 14.0. The van der Waals surface area contributed by atoms with Crippen molar-refractivity contribution in [2.75, 3.05) is 33.9 Å². The summed E-state index contributed by atoms with van der Waals surface area (Å²) in [5, 5.41) is 6.73. The van der Waals surface area contributed by atoms with E-state index in [1.165, 1.54) is 12.1 Å². The average Bonchev–Trinajstić information content (AvgIpc) is 2.65. The summed E-state index contributed by atoms with van der Waals surface area (Å²) in [5.41, 5.74) is 1.04. The van der Waals surface area contributed by atoms with Crippen LogP contribution in [0.3, 0.4) is 0 Å². The average molecular weight is 507 g/mol. The van der Waals surface area contributed by atoms with Crippen molar-refractivity contribution in [3.05, 3.63) is 35.6 Å². The molecular weight excluding hydrogens is 472 g/mol. The first kappa shape index (κ1) is 25.1. The molecule has 3 unspecified atom stereocenters. The molecule has 1 aliphatic rings. The number of nitrogens with one attached hydrogen (secondary N) is 2. The van der Waals surface area contributed by atoms with E-state index in [2.05, 4.69) is 36.4 Å². The van der Waals surface area contributed by atoms with Crippen LogP contribution in [0.1, 0.15) is 45.3 Å². The number of hydrogen-bond acceptors (Lipinski definition) is 3. The number of methoxy groups -OCH3 is 1. The highest BCUT2D eigenvalue weighted by Crippen LogP contribution is 2.33. The van der Waals surface area contributed by atoms with Gasteiger partial charge in [0.1, 0.15) is 5.82 Å². The van der Waals surface area contributed by atoms with E-state index in [-0.39, 0.29) is 47.4 Å². The molecule has 1 saturated heterocycles. The number of guanidine groups is 1. The first-order valence-electron chi connectivity index (χ1n) is 9.69. The number of rotatable bonds is 6. The van der Waals surface area contributed by atoms with Crippen molar-refractivity contribution in [3.8, 4) is 0 Å². The quantitative estimate of drug-likeness (QED) is 0.346. The zero-order valence-electron chi connectivity index (χ0n) is 17.6. The lowest BCUT2D eigenvalue weighted by molar-refractivity contribution is -0.0835. The molecule has 7 heteroatoms. The number of benzene rings is 1. The Labute approximate surface area is 185 Å². The molecule has 0 aromatic heterocycles. The second-order valence-corrected chi connectivity index (χ2v) is 8.17. The van der Waals surface area contributed by atoms with Crippen molar-refractivity contribution in [3.63, 3.8) is 0 Å². The topological polar surface area (TPSA) is 54.9 Å². The molecule has 1 aliphatic heterocycles. The first-order chi connectivity index (χ1) is 12.8. The highest BCUT2D eigenvalue weighted by atomic mass is 127. The van der Waals surface area contributed by atoms with E-state index in [0.29, 0.717) is 12.5 Å². The molecule has 0 radical (unpaired) electrons. The van der Waals surface area contributed by atoms with Crippen LogP contribution in [-0.4, -0.2) is 45.9 Å². The molecule has 1 aromatic rings. The summed E-state index contributed by atoms with van der Waals surface area (Å²) in [4.78, 5) is 4.31. The van der Waals surface area contributed by atoms with Gasteiger partial charge in [-0.15, -0.1) is 24.0 Å². The minimum Gasteiger partial charge on any atom is -0.377 e. The molecule has 3 atom stereocenters. The Morgan fingerprint density at radius 3 is 2.54 bits per heavy atom. The van der Waals surface area contributed by atoms with Crippen LogP contribution in [0.5, 0.6) is 0 Å².